The summed E-state index contributed by atoms with van der Waals surface area (Å²) in [5.41, 5.74) is 1.23. The summed E-state index contributed by atoms with van der Waals surface area (Å²) >= 11 is 0. The van der Waals surface area contributed by atoms with Crippen molar-refractivity contribution in [3.8, 4) is 0 Å². The topological polar surface area (TPSA) is 24.4 Å². The van der Waals surface area contributed by atoms with Crippen LogP contribution in [-0.4, -0.2) is 12.9 Å². The average molecular weight is 136 g/mol. The highest BCUT2D eigenvalue weighted by Gasteiger charge is 1.95. The third-order valence-corrected chi connectivity index (χ3v) is 1.43. The molecule has 0 saturated carbocycles. The summed E-state index contributed by atoms with van der Waals surface area (Å²) in [4.78, 5) is 4.05. The largest absolute Gasteiger partial charge is 0.350 e. The van der Waals surface area contributed by atoms with E-state index in [2.05, 4.69) is 29.4 Å². The van der Waals surface area contributed by atoms with Gasteiger partial charge in [-0.2, -0.15) is 0 Å². The van der Waals surface area contributed by atoms with Crippen LogP contribution in [0.4, 0.5) is 0 Å². The number of amidine groups is 1. The molecule has 1 rings (SSSR count). The van der Waals surface area contributed by atoms with E-state index in [-0.39, 0.29) is 0 Å². The maximum Gasteiger partial charge on any atom is 0.104 e. The molecule has 0 bridgehead atoms. The second-order valence-electron chi connectivity index (χ2n) is 2.31. The highest BCUT2D eigenvalue weighted by Crippen LogP contribution is 1.99. The van der Waals surface area contributed by atoms with Gasteiger partial charge >= 0.3 is 0 Å². The van der Waals surface area contributed by atoms with Crippen LogP contribution < -0.4 is 5.32 Å². The van der Waals surface area contributed by atoms with E-state index in [1.807, 2.05) is 6.20 Å². The fraction of sp³-hybridized carbons (Fsp3) is 0.375. The van der Waals surface area contributed by atoms with E-state index in [0.29, 0.717) is 0 Å². The zero-order valence-electron chi connectivity index (χ0n) is 6.39. The molecule has 0 aliphatic carbocycles. The van der Waals surface area contributed by atoms with Gasteiger partial charge in [0.15, 0.2) is 0 Å². The molecule has 0 unspecified atom stereocenters. The molecule has 1 aliphatic rings. The SMILES string of the molecule is CN=C1CC=CC(C)=CN1. The van der Waals surface area contributed by atoms with Gasteiger partial charge in [-0.05, 0) is 12.5 Å². The molecule has 0 saturated heterocycles. The van der Waals surface area contributed by atoms with Crippen LogP contribution in [0.2, 0.25) is 0 Å². The van der Waals surface area contributed by atoms with Gasteiger partial charge in [-0.1, -0.05) is 12.2 Å². The van der Waals surface area contributed by atoms with Crippen molar-refractivity contribution in [1.29, 1.82) is 0 Å². The number of hydrogen-bond acceptors (Lipinski definition) is 1. The molecule has 2 nitrogen and oxygen atoms in total. The first-order valence-corrected chi connectivity index (χ1v) is 3.38. The van der Waals surface area contributed by atoms with Crippen LogP contribution in [-0.2, 0) is 0 Å². The zero-order valence-corrected chi connectivity index (χ0v) is 6.39. The monoisotopic (exact) mass is 136 g/mol. The second kappa shape index (κ2) is 3.20. The smallest absolute Gasteiger partial charge is 0.104 e. The van der Waals surface area contributed by atoms with Crippen molar-refractivity contribution in [1.82, 2.24) is 5.32 Å². The van der Waals surface area contributed by atoms with Gasteiger partial charge in [-0.15, -0.1) is 0 Å². The molecule has 1 heterocycles. The van der Waals surface area contributed by atoms with Crippen LogP contribution in [0.1, 0.15) is 13.3 Å². The third kappa shape index (κ3) is 1.72. The van der Waals surface area contributed by atoms with E-state index in [1.54, 1.807) is 7.05 Å². The van der Waals surface area contributed by atoms with E-state index < -0.39 is 0 Å². The van der Waals surface area contributed by atoms with Crippen molar-refractivity contribution in [2.45, 2.75) is 13.3 Å². The van der Waals surface area contributed by atoms with Crippen molar-refractivity contribution >= 4 is 5.84 Å². The standard InChI is InChI=1S/C8H12N2/c1-7-4-3-5-8(9-2)10-6-7/h3-4,6H,5H2,1-2H3,(H,9,10). The minimum atomic E-state index is 0.907. The molecule has 10 heavy (non-hydrogen) atoms. The van der Waals surface area contributed by atoms with E-state index in [4.69, 9.17) is 0 Å². The number of hydrogen-bond donors (Lipinski definition) is 1. The van der Waals surface area contributed by atoms with Crippen LogP contribution >= 0.6 is 0 Å². The molecular formula is C8H12N2. The van der Waals surface area contributed by atoms with E-state index in [9.17, 15) is 0 Å². The maximum absolute atomic E-state index is 4.05. The third-order valence-electron chi connectivity index (χ3n) is 1.43. The minimum absolute atomic E-state index is 0.907. The number of aliphatic imine (C=N–C) groups is 1. The van der Waals surface area contributed by atoms with Gasteiger partial charge in [0.2, 0.25) is 0 Å². The summed E-state index contributed by atoms with van der Waals surface area (Å²) in [7, 11) is 1.80. The highest BCUT2D eigenvalue weighted by molar-refractivity contribution is 5.84. The van der Waals surface area contributed by atoms with E-state index in [1.165, 1.54) is 5.57 Å². The van der Waals surface area contributed by atoms with Crippen LogP contribution in [0.15, 0.2) is 28.9 Å². The predicted octanol–water partition coefficient (Wildman–Crippen LogP) is 1.47. The Morgan fingerprint density at radius 1 is 1.60 bits per heavy atom. The van der Waals surface area contributed by atoms with Crippen molar-refractivity contribution in [2.75, 3.05) is 7.05 Å². The Bertz CT molecular complexity index is 199. The highest BCUT2D eigenvalue weighted by atomic mass is 15.0. The molecule has 0 aromatic heterocycles. The number of nitrogens with one attached hydrogen (secondary N) is 1. The van der Waals surface area contributed by atoms with Gasteiger partial charge in [0.05, 0.1) is 0 Å². The van der Waals surface area contributed by atoms with Gasteiger partial charge in [-0.3, -0.25) is 4.99 Å². The van der Waals surface area contributed by atoms with Gasteiger partial charge in [0.25, 0.3) is 0 Å². The quantitative estimate of drug-likeness (QED) is 0.535. The average Bonchev–Trinajstić information content (AvgIpc) is 2.14. The maximum atomic E-state index is 4.05. The molecule has 0 fully saturated rings. The Morgan fingerprint density at radius 3 is 3.10 bits per heavy atom. The summed E-state index contributed by atoms with van der Waals surface area (Å²) in [5, 5.41) is 3.11. The molecule has 1 aliphatic heterocycles. The van der Waals surface area contributed by atoms with Crippen molar-refractivity contribution in [3.63, 3.8) is 0 Å². The Kier molecular flexibility index (Phi) is 2.26. The van der Waals surface area contributed by atoms with Gasteiger partial charge in [0.1, 0.15) is 5.84 Å². The van der Waals surface area contributed by atoms with E-state index in [0.717, 1.165) is 12.3 Å². The Labute approximate surface area is 61.4 Å². The lowest BCUT2D eigenvalue weighted by molar-refractivity contribution is 1.17. The summed E-state index contributed by atoms with van der Waals surface area (Å²) in [6.07, 6.45) is 7.06. The first-order chi connectivity index (χ1) is 4.83. The minimum Gasteiger partial charge on any atom is -0.350 e. The number of nitrogens with zero attached hydrogens (tertiary/aromatic N) is 1. The molecule has 0 atom stereocenters. The zero-order chi connectivity index (χ0) is 7.40. The van der Waals surface area contributed by atoms with Crippen LogP contribution in [0, 0.1) is 0 Å². The lowest BCUT2D eigenvalue weighted by atomic mass is 10.3. The molecular weight excluding hydrogens is 124 g/mol. The Hall–Kier alpha value is -1.05. The van der Waals surface area contributed by atoms with Crippen molar-refractivity contribution in [3.05, 3.63) is 23.9 Å². The lowest BCUT2D eigenvalue weighted by Gasteiger charge is -1.98. The van der Waals surface area contributed by atoms with Gasteiger partial charge in [-0.25, -0.2) is 0 Å². The molecule has 0 radical (unpaired) electrons. The molecule has 0 spiro atoms. The van der Waals surface area contributed by atoms with Crippen molar-refractivity contribution in [2.24, 2.45) is 4.99 Å². The van der Waals surface area contributed by atoms with Crippen LogP contribution in [0.25, 0.3) is 0 Å². The fourth-order valence-electron chi connectivity index (χ4n) is 0.816. The Balaban J connectivity index is 2.70. The Morgan fingerprint density at radius 2 is 2.40 bits per heavy atom. The summed E-state index contributed by atoms with van der Waals surface area (Å²) in [6.45, 7) is 2.06. The molecule has 54 valence electrons. The molecule has 2 heteroatoms. The summed E-state index contributed by atoms with van der Waals surface area (Å²) < 4.78 is 0. The summed E-state index contributed by atoms with van der Waals surface area (Å²) in [6, 6.07) is 0. The van der Waals surface area contributed by atoms with E-state index >= 15 is 0 Å². The second-order valence-corrected chi connectivity index (χ2v) is 2.31. The van der Waals surface area contributed by atoms with Crippen LogP contribution in [0.5, 0.6) is 0 Å². The van der Waals surface area contributed by atoms with Crippen LogP contribution in [0.3, 0.4) is 0 Å². The fourth-order valence-corrected chi connectivity index (χ4v) is 0.816. The van der Waals surface area contributed by atoms with Gasteiger partial charge < -0.3 is 5.32 Å². The van der Waals surface area contributed by atoms with Gasteiger partial charge in [0, 0.05) is 19.7 Å². The number of rotatable bonds is 0. The van der Waals surface area contributed by atoms with Crippen molar-refractivity contribution < 1.29 is 0 Å². The normalized spacial score (nSPS) is 21.8. The summed E-state index contributed by atoms with van der Waals surface area (Å²) in [5.74, 6) is 1.02. The first kappa shape index (κ1) is 7.06. The molecule has 0 amide bonds. The molecule has 0 aromatic rings. The predicted molar refractivity (Wildman–Crippen MR) is 44.0 cm³/mol. The number of allylic oxidation sites excluding steroid dienone is 2. The molecule has 1 N–H and O–H groups in total. The molecule has 0 aromatic carbocycles. The lowest BCUT2D eigenvalue weighted by Crippen LogP contribution is -2.15. The first-order valence-electron chi connectivity index (χ1n) is 3.38.